The highest BCUT2D eigenvalue weighted by Gasteiger charge is 2.13. The minimum atomic E-state index is 0.790. The number of rotatable bonds is 3. The Morgan fingerprint density at radius 3 is 2.75 bits per heavy atom. The molecule has 0 radical (unpaired) electrons. The van der Waals surface area contributed by atoms with E-state index in [1.54, 1.807) is 0 Å². The van der Waals surface area contributed by atoms with E-state index in [4.69, 9.17) is 0 Å². The maximum Gasteiger partial charge on any atom is 0.198 e. The smallest absolute Gasteiger partial charge is 0.198 e. The van der Waals surface area contributed by atoms with Crippen molar-refractivity contribution in [2.75, 3.05) is 0 Å². The maximum atomic E-state index is 4.33. The Kier molecular flexibility index (Phi) is 3.54. The molecule has 0 aliphatic heterocycles. The molecule has 7 heteroatoms. The molecule has 0 aliphatic carbocycles. The van der Waals surface area contributed by atoms with Crippen LogP contribution in [0.15, 0.2) is 33.8 Å². The van der Waals surface area contributed by atoms with E-state index in [0.717, 1.165) is 26.7 Å². The van der Waals surface area contributed by atoms with Crippen LogP contribution in [0.4, 0.5) is 0 Å². The first-order chi connectivity index (χ1) is 9.63. The van der Waals surface area contributed by atoms with Crippen LogP contribution in [-0.4, -0.2) is 24.1 Å². The summed E-state index contributed by atoms with van der Waals surface area (Å²) in [5, 5.41) is 9.34. The Morgan fingerprint density at radius 1 is 1.20 bits per heavy atom. The van der Waals surface area contributed by atoms with Crippen molar-refractivity contribution in [2.45, 2.75) is 23.3 Å². The van der Waals surface area contributed by atoms with Crippen LogP contribution >= 0.6 is 23.3 Å². The van der Waals surface area contributed by atoms with Gasteiger partial charge >= 0.3 is 0 Å². The van der Waals surface area contributed by atoms with Gasteiger partial charge in [-0.05, 0) is 43.2 Å². The van der Waals surface area contributed by atoms with E-state index >= 15 is 0 Å². The third-order valence-electron chi connectivity index (χ3n) is 2.80. The van der Waals surface area contributed by atoms with Gasteiger partial charge in [0.2, 0.25) is 0 Å². The second-order valence-electron chi connectivity index (χ2n) is 4.44. The van der Waals surface area contributed by atoms with Gasteiger partial charge < -0.3 is 4.57 Å². The van der Waals surface area contributed by atoms with E-state index in [2.05, 4.69) is 38.6 Å². The second kappa shape index (κ2) is 5.34. The van der Waals surface area contributed by atoms with Crippen molar-refractivity contribution in [3.05, 3.63) is 35.7 Å². The van der Waals surface area contributed by atoms with Gasteiger partial charge in [-0.3, -0.25) is 0 Å². The molecule has 3 rings (SSSR count). The first-order valence-corrected chi connectivity index (χ1v) is 7.67. The predicted molar refractivity (Wildman–Crippen MR) is 79.9 cm³/mol. The molecule has 0 unspecified atom stereocenters. The Balaban J connectivity index is 1.92. The summed E-state index contributed by atoms with van der Waals surface area (Å²) in [6, 6.07) is 8.24. The van der Waals surface area contributed by atoms with Gasteiger partial charge in [0.1, 0.15) is 5.82 Å². The highest BCUT2D eigenvalue weighted by atomic mass is 32.2. The molecule has 0 aliphatic rings. The lowest BCUT2D eigenvalue weighted by molar-refractivity contribution is 0.793. The summed E-state index contributed by atoms with van der Waals surface area (Å²) < 4.78 is 7.04. The number of benzene rings is 1. The van der Waals surface area contributed by atoms with E-state index in [1.165, 1.54) is 28.9 Å². The van der Waals surface area contributed by atoms with E-state index in [-0.39, 0.29) is 0 Å². The van der Waals surface area contributed by atoms with Crippen LogP contribution in [0.5, 0.6) is 0 Å². The molecule has 5 nitrogen and oxygen atoms in total. The van der Waals surface area contributed by atoms with Gasteiger partial charge in [0.05, 0.1) is 0 Å². The summed E-state index contributed by atoms with van der Waals surface area (Å²) in [5.74, 6) is 1.65. The largest absolute Gasteiger partial charge is 0.305 e. The fourth-order valence-corrected chi connectivity index (χ4v) is 3.38. The molecule has 0 saturated carbocycles. The quantitative estimate of drug-likeness (QED) is 0.744. The number of hydrogen-bond donors (Lipinski definition) is 0. The van der Waals surface area contributed by atoms with Crippen LogP contribution in [-0.2, 0) is 7.05 Å². The van der Waals surface area contributed by atoms with Crippen LogP contribution in [0, 0.1) is 13.8 Å². The molecule has 0 fully saturated rings. The minimum Gasteiger partial charge on any atom is -0.305 e. The van der Waals surface area contributed by atoms with Crippen molar-refractivity contribution in [1.29, 1.82) is 0 Å². The predicted octanol–water partition coefficient (Wildman–Crippen LogP) is 3.10. The SMILES string of the molecule is Cc1cccc(-c2nnc(Sc3nc(C)ns3)n2C)c1. The Hall–Kier alpha value is -1.73. The van der Waals surface area contributed by atoms with Gasteiger partial charge in [0.25, 0.3) is 0 Å². The van der Waals surface area contributed by atoms with Gasteiger partial charge in [-0.25, -0.2) is 4.98 Å². The molecular weight excluding hydrogens is 290 g/mol. The standard InChI is InChI=1S/C13H13N5S2/c1-8-5-4-6-10(7-8)11-15-16-12(18(11)3)19-13-14-9(2)17-20-13/h4-7H,1-3H3. The summed E-state index contributed by atoms with van der Waals surface area (Å²) in [6.07, 6.45) is 0. The molecule has 3 aromatic rings. The number of nitrogens with zero attached hydrogens (tertiary/aromatic N) is 5. The van der Waals surface area contributed by atoms with Crippen molar-refractivity contribution in [3.63, 3.8) is 0 Å². The lowest BCUT2D eigenvalue weighted by Crippen LogP contribution is -1.94. The molecule has 1 aromatic carbocycles. The Bertz CT molecular complexity index is 747. The zero-order valence-corrected chi connectivity index (χ0v) is 13.0. The lowest BCUT2D eigenvalue weighted by atomic mass is 10.1. The lowest BCUT2D eigenvalue weighted by Gasteiger charge is -2.03. The molecule has 0 spiro atoms. The van der Waals surface area contributed by atoms with E-state index in [9.17, 15) is 0 Å². The van der Waals surface area contributed by atoms with Gasteiger partial charge in [-0.15, -0.1) is 10.2 Å². The molecule has 2 heterocycles. The van der Waals surface area contributed by atoms with Crippen molar-refractivity contribution in [1.82, 2.24) is 24.1 Å². The maximum absolute atomic E-state index is 4.33. The Morgan fingerprint density at radius 2 is 2.05 bits per heavy atom. The molecule has 0 bridgehead atoms. The average Bonchev–Trinajstić information content (AvgIpc) is 2.98. The summed E-state index contributed by atoms with van der Waals surface area (Å²) in [7, 11) is 1.97. The highest BCUT2D eigenvalue weighted by molar-refractivity contribution is 8.00. The van der Waals surface area contributed by atoms with Crippen molar-refractivity contribution in [3.8, 4) is 11.4 Å². The van der Waals surface area contributed by atoms with Gasteiger partial charge in [0.15, 0.2) is 15.3 Å². The molecule has 0 amide bonds. The fraction of sp³-hybridized carbons (Fsp3) is 0.231. The van der Waals surface area contributed by atoms with Crippen LogP contribution < -0.4 is 0 Å². The summed E-state index contributed by atoms with van der Waals surface area (Å²) >= 11 is 2.87. The molecule has 0 atom stereocenters. The van der Waals surface area contributed by atoms with Crippen LogP contribution in [0.2, 0.25) is 0 Å². The minimum absolute atomic E-state index is 0.790. The topological polar surface area (TPSA) is 56.5 Å². The molecular formula is C13H13N5S2. The third-order valence-corrected chi connectivity index (χ3v) is 4.68. The van der Waals surface area contributed by atoms with Crippen molar-refractivity contribution < 1.29 is 0 Å². The zero-order chi connectivity index (χ0) is 14.1. The van der Waals surface area contributed by atoms with E-state index in [1.807, 2.05) is 30.7 Å². The summed E-state index contributed by atoms with van der Waals surface area (Å²) in [4.78, 5) is 4.33. The van der Waals surface area contributed by atoms with Crippen molar-refractivity contribution in [2.24, 2.45) is 7.05 Å². The summed E-state index contributed by atoms with van der Waals surface area (Å²) in [6.45, 7) is 3.95. The molecule has 102 valence electrons. The fourth-order valence-electron chi connectivity index (χ4n) is 1.84. The Labute approximate surface area is 125 Å². The number of aryl methyl sites for hydroxylation is 2. The van der Waals surface area contributed by atoms with E-state index in [0.29, 0.717) is 0 Å². The first-order valence-electron chi connectivity index (χ1n) is 6.08. The zero-order valence-electron chi connectivity index (χ0n) is 11.4. The van der Waals surface area contributed by atoms with Gasteiger partial charge in [-0.1, -0.05) is 23.8 Å². The molecule has 20 heavy (non-hydrogen) atoms. The first kappa shape index (κ1) is 13.3. The second-order valence-corrected chi connectivity index (χ2v) is 6.41. The average molecular weight is 303 g/mol. The molecule has 2 aromatic heterocycles. The molecule has 0 N–H and O–H groups in total. The number of hydrogen-bond acceptors (Lipinski definition) is 6. The van der Waals surface area contributed by atoms with Gasteiger partial charge in [0, 0.05) is 12.6 Å². The molecule has 0 saturated heterocycles. The van der Waals surface area contributed by atoms with E-state index < -0.39 is 0 Å². The third kappa shape index (κ3) is 2.59. The van der Waals surface area contributed by atoms with Crippen LogP contribution in [0.25, 0.3) is 11.4 Å². The van der Waals surface area contributed by atoms with Gasteiger partial charge in [-0.2, -0.15) is 4.37 Å². The number of aromatic nitrogens is 5. The highest BCUT2D eigenvalue weighted by Crippen LogP contribution is 2.29. The van der Waals surface area contributed by atoms with Crippen molar-refractivity contribution >= 4 is 23.3 Å². The summed E-state index contributed by atoms with van der Waals surface area (Å²) in [5.41, 5.74) is 2.28. The van der Waals surface area contributed by atoms with Crippen LogP contribution in [0.3, 0.4) is 0 Å². The monoisotopic (exact) mass is 303 g/mol. The van der Waals surface area contributed by atoms with Crippen LogP contribution in [0.1, 0.15) is 11.4 Å². The normalized spacial score (nSPS) is 10.9.